The van der Waals surface area contributed by atoms with Crippen molar-refractivity contribution >= 4 is 23.2 Å². The number of carbonyl (C=O) groups excluding carboxylic acids is 1. The first-order valence-electron chi connectivity index (χ1n) is 7.74. The highest BCUT2D eigenvalue weighted by atomic mass is 32.1. The SMILES string of the molecule is CC(C)(C(=O)NCc1nc(C(=O)O)cs1)c1ccc2c(c1)OCCO2. The fourth-order valence-electron chi connectivity index (χ4n) is 2.43. The molecule has 1 aromatic heterocycles. The maximum absolute atomic E-state index is 12.6. The molecule has 0 bridgehead atoms. The van der Waals surface area contributed by atoms with Crippen molar-refractivity contribution in [3.05, 3.63) is 39.8 Å². The molecule has 0 unspecified atom stereocenters. The Labute approximate surface area is 148 Å². The lowest BCUT2D eigenvalue weighted by Gasteiger charge is -2.26. The highest BCUT2D eigenvalue weighted by Gasteiger charge is 2.31. The Bertz CT molecular complexity index is 815. The number of ether oxygens (including phenoxy) is 2. The molecule has 0 aliphatic carbocycles. The Morgan fingerprint density at radius 1 is 1.28 bits per heavy atom. The lowest BCUT2D eigenvalue weighted by atomic mass is 9.83. The molecule has 2 aromatic rings. The molecule has 3 rings (SSSR count). The number of rotatable bonds is 5. The quantitative estimate of drug-likeness (QED) is 0.846. The number of nitrogens with zero attached hydrogens (tertiary/aromatic N) is 1. The van der Waals surface area contributed by atoms with Crippen LogP contribution >= 0.6 is 11.3 Å². The van der Waals surface area contributed by atoms with Crippen LogP contribution in [0.3, 0.4) is 0 Å². The lowest BCUT2D eigenvalue weighted by Crippen LogP contribution is -2.39. The molecule has 0 saturated carbocycles. The normalized spacial score (nSPS) is 13.4. The average molecular weight is 362 g/mol. The first-order chi connectivity index (χ1) is 11.9. The van der Waals surface area contributed by atoms with Gasteiger partial charge in [-0.15, -0.1) is 11.3 Å². The summed E-state index contributed by atoms with van der Waals surface area (Å²) in [6.07, 6.45) is 0. The summed E-state index contributed by atoms with van der Waals surface area (Å²) in [4.78, 5) is 27.4. The fraction of sp³-hybridized carbons (Fsp3) is 0.353. The number of aromatic carboxylic acids is 1. The molecule has 1 amide bonds. The number of benzene rings is 1. The van der Waals surface area contributed by atoms with Crippen LogP contribution in [0.1, 0.15) is 34.9 Å². The van der Waals surface area contributed by atoms with Crippen molar-refractivity contribution in [2.24, 2.45) is 0 Å². The van der Waals surface area contributed by atoms with E-state index in [1.807, 2.05) is 26.0 Å². The van der Waals surface area contributed by atoms with Gasteiger partial charge in [0.2, 0.25) is 5.91 Å². The van der Waals surface area contributed by atoms with Crippen molar-refractivity contribution in [1.29, 1.82) is 0 Å². The zero-order valence-corrected chi connectivity index (χ0v) is 14.7. The molecule has 1 aliphatic heterocycles. The summed E-state index contributed by atoms with van der Waals surface area (Å²) >= 11 is 1.20. The van der Waals surface area contributed by atoms with Crippen LogP contribution in [0.15, 0.2) is 23.6 Å². The van der Waals surface area contributed by atoms with Crippen LogP contribution in [0.25, 0.3) is 0 Å². The highest BCUT2D eigenvalue weighted by molar-refractivity contribution is 7.09. The number of carbonyl (C=O) groups is 2. The van der Waals surface area contributed by atoms with E-state index in [0.29, 0.717) is 29.7 Å². The summed E-state index contributed by atoms with van der Waals surface area (Å²) in [5.41, 5.74) is 0.00267. The van der Waals surface area contributed by atoms with Gasteiger partial charge < -0.3 is 19.9 Å². The third kappa shape index (κ3) is 3.58. The van der Waals surface area contributed by atoms with Gasteiger partial charge in [0, 0.05) is 5.38 Å². The first-order valence-corrected chi connectivity index (χ1v) is 8.62. The second-order valence-corrected chi connectivity index (χ2v) is 7.04. The van der Waals surface area contributed by atoms with Gasteiger partial charge in [0.05, 0.1) is 12.0 Å². The highest BCUT2D eigenvalue weighted by Crippen LogP contribution is 2.35. The monoisotopic (exact) mass is 362 g/mol. The van der Waals surface area contributed by atoms with Crippen molar-refractivity contribution in [3.8, 4) is 11.5 Å². The Balaban J connectivity index is 1.70. The molecule has 8 heteroatoms. The number of hydrogen-bond acceptors (Lipinski definition) is 6. The van der Waals surface area contributed by atoms with Gasteiger partial charge in [-0.1, -0.05) is 6.07 Å². The predicted octanol–water partition coefficient (Wildman–Crippen LogP) is 2.21. The van der Waals surface area contributed by atoms with Gasteiger partial charge in [-0.2, -0.15) is 0 Å². The van der Waals surface area contributed by atoms with E-state index in [1.165, 1.54) is 16.7 Å². The van der Waals surface area contributed by atoms with E-state index in [1.54, 1.807) is 6.07 Å². The maximum Gasteiger partial charge on any atom is 0.355 e. The van der Waals surface area contributed by atoms with Crippen LogP contribution in [0.5, 0.6) is 11.5 Å². The number of carboxylic acid groups (broad SMARTS) is 1. The minimum Gasteiger partial charge on any atom is -0.486 e. The van der Waals surface area contributed by atoms with Crippen LogP contribution < -0.4 is 14.8 Å². The molecule has 0 spiro atoms. The second kappa shape index (κ2) is 6.72. The van der Waals surface area contributed by atoms with E-state index in [2.05, 4.69) is 10.3 Å². The van der Waals surface area contributed by atoms with Crippen molar-refractivity contribution in [2.45, 2.75) is 25.8 Å². The van der Waals surface area contributed by atoms with Gasteiger partial charge in [-0.25, -0.2) is 9.78 Å². The number of fused-ring (bicyclic) bond motifs is 1. The molecule has 0 saturated heterocycles. The summed E-state index contributed by atoms with van der Waals surface area (Å²) in [7, 11) is 0. The Morgan fingerprint density at radius 3 is 2.68 bits per heavy atom. The van der Waals surface area contributed by atoms with Crippen LogP contribution in [0.2, 0.25) is 0 Å². The molecule has 132 valence electrons. The number of thiazole rings is 1. The zero-order valence-electron chi connectivity index (χ0n) is 13.9. The van der Waals surface area contributed by atoms with E-state index in [4.69, 9.17) is 14.6 Å². The third-order valence-corrected chi connectivity index (χ3v) is 4.85. The number of nitrogens with one attached hydrogen (secondary N) is 1. The Hall–Kier alpha value is -2.61. The van der Waals surface area contributed by atoms with Crippen molar-refractivity contribution in [1.82, 2.24) is 10.3 Å². The van der Waals surface area contributed by atoms with Gasteiger partial charge >= 0.3 is 5.97 Å². The molecule has 1 aromatic carbocycles. The lowest BCUT2D eigenvalue weighted by molar-refractivity contribution is -0.125. The molecule has 25 heavy (non-hydrogen) atoms. The molecule has 2 N–H and O–H groups in total. The summed E-state index contributed by atoms with van der Waals surface area (Å²) < 4.78 is 11.1. The van der Waals surface area contributed by atoms with E-state index < -0.39 is 11.4 Å². The van der Waals surface area contributed by atoms with Crippen molar-refractivity contribution in [3.63, 3.8) is 0 Å². The van der Waals surface area contributed by atoms with Crippen molar-refractivity contribution in [2.75, 3.05) is 13.2 Å². The van der Waals surface area contributed by atoms with E-state index >= 15 is 0 Å². The summed E-state index contributed by atoms with van der Waals surface area (Å²) in [5.74, 6) is 0.0486. The smallest absolute Gasteiger partial charge is 0.355 e. The summed E-state index contributed by atoms with van der Waals surface area (Å²) in [6.45, 7) is 4.82. The number of carboxylic acids is 1. The zero-order chi connectivity index (χ0) is 18.0. The molecule has 0 atom stereocenters. The van der Waals surface area contributed by atoms with E-state index in [0.717, 1.165) is 5.56 Å². The third-order valence-electron chi connectivity index (χ3n) is 4.00. The topological polar surface area (TPSA) is 97.8 Å². The van der Waals surface area contributed by atoms with Crippen LogP contribution in [0, 0.1) is 0 Å². The van der Waals surface area contributed by atoms with Gasteiger partial charge in [0.15, 0.2) is 17.2 Å². The minimum absolute atomic E-state index is 0.0136. The Kier molecular flexibility index (Phi) is 4.63. The molecular formula is C17H18N2O5S. The summed E-state index contributed by atoms with van der Waals surface area (Å²) in [6, 6.07) is 5.47. The number of aromatic nitrogens is 1. The molecule has 0 fully saturated rings. The number of hydrogen-bond donors (Lipinski definition) is 2. The number of amides is 1. The average Bonchev–Trinajstić information content (AvgIpc) is 3.08. The van der Waals surface area contributed by atoms with E-state index in [9.17, 15) is 9.59 Å². The molecule has 7 nitrogen and oxygen atoms in total. The fourth-order valence-corrected chi connectivity index (χ4v) is 3.14. The largest absolute Gasteiger partial charge is 0.486 e. The first kappa shape index (κ1) is 17.2. The van der Waals surface area contributed by atoms with Crippen LogP contribution in [-0.2, 0) is 16.8 Å². The van der Waals surface area contributed by atoms with Crippen molar-refractivity contribution < 1.29 is 24.2 Å². The maximum atomic E-state index is 12.6. The van der Waals surface area contributed by atoms with Gasteiger partial charge in [-0.05, 0) is 31.5 Å². The standard InChI is InChI=1S/C17H18N2O5S/c1-17(2,10-3-4-12-13(7-10)24-6-5-23-12)16(22)18-8-14-19-11(9-25-14)15(20)21/h3-4,7,9H,5-6,8H2,1-2H3,(H,18,22)(H,20,21). The minimum atomic E-state index is -1.08. The van der Waals surface area contributed by atoms with E-state index in [-0.39, 0.29) is 18.1 Å². The second-order valence-electron chi connectivity index (χ2n) is 6.10. The molecule has 2 heterocycles. The molecule has 0 radical (unpaired) electrons. The van der Waals surface area contributed by atoms with Crippen LogP contribution in [-0.4, -0.2) is 35.2 Å². The van der Waals surface area contributed by atoms with Gasteiger partial charge in [0.25, 0.3) is 0 Å². The molecule has 1 aliphatic rings. The van der Waals surface area contributed by atoms with Gasteiger partial charge in [0.1, 0.15) is 18.2 Å². The summed E-state index contributed by atoms with van der Waals surface area (Å²) in [5, 5.41) is 13.7. The molecular weight excluding hydrogens is 344 g/mol. The predicted molar refractivity (Wildman–Crippen MR) is 91.4 cm³/mol. The Morgan fingerprint density at radius 2 is 2.00 bits per heavy atom. The van der Waals surface area contributed by atoms with Gasteiger partial charge in [-0.3, -0.25) is 4.79 Å². The van der Waals surface area contributed by atoms with Crippen LogP contribution in [0.4, 0.5) is 0 Å².